The van der Waals surface area contributed by atoms with Crippen LogP contribution in [0.4, 0.5) is 0 Å². The highest BCUT2D eigenvalue weighted by Crippen LogP contribution is 2.29. The Hall–Kier alpha value is -3.56. The lowest BCUT2D eigenvalue weighted by atomic mass is 10.1. The molecule has 1 saturated heterocycles. The predicted molar refractivity (Wildman–Crippen MR) is 146 cm³/mol. The number of methoxy groups -OCH3 is 1. The molecule has 10 nitrogen and oxygen atoms in total. The van der Waals surface area contributed by atoms with Crippen molar-refractivity contribution in [2.75, 3.05) is 47.5 Å². The van der Waals surface area contributed by atoms with Crippen molar-refractivity contribution in [1.82, 2.24) is 19.6 Å². The van der Waals surface area contributed by atoms with Crippen LogP contribution in [-0.4, -0.2) is 76.9 Å². The third-order valence-electron chi connectivity index (χ3n) is 6.29. The Bertz CT molecular complexity index is 1430. The zero-order chi connectivity index (χ0) is 27.8. The van der Waals surface area contributed by atoms with Crippen molar-refractivity contribution in [2.24, 2.45) is 0 Å². The van der Waals surface area contributed by atoms with Crippen LogP contribution in [0.1, 0.15) is 29.8 Å². The summed E-state index contributed by atoms with van der Waals surface area (Å²) in [5.74, 6) is 1.36. The van der Waals surface area contributed by atoms with Gasteiger partial charge in [0.2, 0.25) is 10.0 Å². The first-order chi connectivity index (χ1) is 18.8. The van der Waals surface area contributed by atoms with E-state index in [1.165, 1.54) is 13.2 Å². The molecule has 3 aromatic rings. The average molecular weight is 552 g/mol. The Balaban J connectivity index is 1.51. The third-order valence-corrected chi connectivity index (χ3v) is 7.79. The topological polar surface area (TPSA) is 127 Å². The average Bonchev–Trinajstić information content (AvgIpc) is 2.93. The van der Waals surface area contributed by atoms with Gasteiger partial charge >= 0.3 is 0 Å². The number of sulfonamides is 1. The van der Waals surface area contributed by atoms with Gasteiger partial charge in [0.15, 0.2) is 0 Å². The van der Waals surface area contributed by atoms with E-state index in [-0.39, 0.29) is 23.3 Å². The fraction of sp³-hybridized carbons (Fsp3) is 0.393. The van der Waals surface area contributed by atoms with Crippen molar-refractivity contribution < 1.29 is 22.6 Å². The van der Waals surface area contributed by atoms with Gasteiger partial charge in [-0.25, -0.2) is 23.1 Å². The molecule has 0 aliphatic carbocycles. The highest BCUT2D eigenvalue weighted by molar-refractivity contribution is 7.89. The lowest BCUT2D eigenvalue weighted by Crippen LogP contribution is -2.31. The Morgan fingerprint density at radius 2 is 1.92 bits per heavy atom. The van der Waals surface area contributed by atoms with Gasteiger partial charge in [-0.1, -0.05) is 6.07 Å². The second-order valence-electron chi connectivity index (χ2n) is 9.47. The third kappa shape index (κ3) is 7.52. The van der Waals surface area contributed by atoms with Gasteiger partial charge in [0.1, 0.15) is 34.4 Å². The summed E-state index contributed by atoms with van der Waals surface area (Å²) in [5.41, 5.74) is 2.69. The van der Waals surface area contributed by atoms with Crippen molar-refractivity contribution >= 4 is 10.0 Å². The molecule has 1 aliphatic rings. The second-order valence-corrected chi connectivity index (χ2v) is 11.2. The summed E-state index contributed by atoms with van der Waals surface area (Å²) >= 11 is 0. The van der Waals surface area contributed by atoms with Gasteiger partial charge < -0.3 is 19.1 Å². The summed E-state index contributed by atoms with van der Waals surface area (Å²) in [6.45, 7) is 2.19. The van der Waals surface area contributed by atoms with Crippen molar-refractivity contribution in [1.29, 1.82) is 5.26 Å². The fourth-order valence-corrected chi connectivity index (χ4v) is 5.38. The van der Waals surface area contributed by atoms with Crippen LogP contribution in [0.2, 0.25) is 0 Å². The number of benzene rings is 2. The largest absolute Gasteiger partial charge is 0.495 e. The monoisotopic (exact) mass is 551 g/mol. The predicted octanol–water partition coefficient (Wildman–Crippen LogP) is 3.01. The number of nitrogens with zero attached hydrogens (tertiary/aromatic N) is 4. The van der Waals surface area contributed by atoms with E-state index in [0.29, 0.717) is 49.0 Å². The lowest BCUT2D eigenvalue weighted by molar-refractivity contribution is 0.0254. The molecule has 0 amide bonds. The number of likely N-dealkylation sites (N-methyl/N-ethyl adjacent to an activating group) is 1. The minimum Gasteiger partial charge on any atom is -0.495 e. The molecule has 39 heavy (non-hydrogen) atoms. The van der Waals surface area contributed by atoms with E-state index in [9.17, 15) is 13.7 Å². The van der Waals surface area contributed by atoms with Crippen molar-refractivity contribution in [3.05, 3.63) is 65.6 Å². The standard InChI is InChI=1S/C28H33N5O5S/c1-33(2)13-12-31-39(34,35)27-7-4-20(16-26(27)36-3)17-28-30-11-8-24(32-28)21-5-6-25(22(18-21)19-29)38-23-9-14-37-15-10-23/h4-8,11,16,18,23,31H,9-10,12-15,17H2,1-3H3. The SMILES string of the molecule is COc1cc(Cc2nccc(-c3ccc(OC4CCOCC4)c(C#N)c3)n2)ccc1S(=O)(=O)NCCN(C)C. The molecule has 1 N–H and O–H groups in total. The van der Waals surface area contributed by atoms with Crippen LogP contribution in [0.3, 0.4) is 0 Å². The van der Waals surface area contributed by atoms with Crippen molar-refractivity contribution in [2.45, 2.75) is 30.3 Å². The summed E-state index contributed by atoms with van der Waals surface area (Å²) in [5, 5.41) is 9.72. The molecular weight excluding hydrogens is 518 g/mol. The highest BCUT2D eigenvalue weighted by atomic mass is 32.2. The van der Waals surface area contributed by atoms with Gasteiger partial charge in [0, 0.05) is 44.1 Å². The van der Waals surface area contributed by atoms with Crippen LogP contribution in [0.15, 0.2) is 53.6 Å². The maximum atomic E-state index is 12.8. The molecule has 1 aromatic heterocycles. The molecule has 0 bridgehead atoms. The summed E-state index contributed by atoms with van der Waals surface area (Å²) in [6.07, 6.45) is 3.67. The summed E-state index contributed by atoms with van der Waals surface area (Å²) in [4.78, 5) is 11.1. The van der Waals surface area contributed by atoms with Gasteiger partial charge in [-0.3, -0.25) is 0 Å². The van der Waals surface area contributed by atoms with Crippen molar-refractivity contribution in [3.8, 4) is 28.8 Å². The maximum absolute atomic E-state index is 12.8. The smallest absolute Gasteiger partial charge is 0.244 e. The minimum atomic E-state index is -3.73. The zero-order valence-corrected chi connectivity index (χ0v) is 23.2. The van der Waals surface area contributed by atoms with Gasteiger partial charge in [0.25, 0.3) is 0 Å². The van der Waals surface area contributed by atoms with Crippen LogP contribution >= 0.6 is 0 Å². The summed E-state index contributed by atoms with van der Waals surface area (Å²) < 4.78 is 45.0. The molecule has 0 radical (unpaired) electrons. The molecule has 1 aliphatic heterocycles. The number of rotatable bonds is 11. The van der Waals surface area contributed by atoms with Gasteiger partial charge in [-0.05, 0) is 56.1 Å². The number of nitrogens with one attached hydrogen (secondary N) is 1. The van der Waals surface area contributed by atoms with E-state index in [2.05, 4.69) is 20.8 Å². The summed E-state index contributed by atoms with van der Waals surface area (Å²) in [7, 11) is 1.47. The number of aromatic nitrogens is 2. The number of hydrogen-bond acceptors (Lipinski definition) is 9. The first kappa shape index (κ1) is 28.4. The quantitative estimate of drug-likeness (QED) is 0.383. The van der Waals surface area contributed by atoms with Crippen LogP contribution in [-0.2, 0) is 21.2 Å². The maximum Gasteiger partial charge on any atom is 0.244 e. The van der Waals surface area contributed by atoms with Gasteiger partial charge in [-0.15, -0.1) is 0 Å². The molecule has 4 rings (SSSR count). The molecule has 206 valence electrons. The second kappa shape index (κ2) is 13.0. The molecule has 11 heteroatoms. The van der Waals surface area contributed by atoms with Crippen LogP contribution in [0.25, 0.3) is 11.3 Å². The molecular formula is C28H33N5O5S. The molecule has 0 unspecified atom stereocenters. The van der Waals surface area contributed by atoms with Crippen LogP contribution in [0.5, 0.6) is 11.5 Å². The van der Waals surface area contributed by atoms with E-state index in [0.717, 1.165) is 24.0 Å². The van der Waals surface area contributed by atoms with Gasteiger partial charge in [0.05, 0.1) is 31.6 Å². The van der Waals surface area contributed by atoms with E-state index in [4.69, 9.17) is 14.2 Å². The molecule has 2 heterocycles. The first-order valence-electron chi connectivity index (χ1n) is 12.7. The minimum absolute atomic E-state index is 0.0366. The van der Waals surface area contributed by atoms with Crippen LogP contribution in [0, 0.1) is 11.3 Å². The Morgan fingerprint density at radius 3 is 2.64 bits per heavy atom. The Morgan fingerprint density at radius 1 is 1.13 bits per heavy atom. The van der Waals surface area contributed by atoms with Crippen LogP contribution < -0.4 is 14.2 Å². The first-order valence-corrected chi connectivity index (χ1v) is 14.2. The van der Waals surface area contributed by atoms with Gasteiger partial charge in [-0.2, -0.15) is 5.26 Å². The normalized spacial score (nSPS) is 14.2. The fourth-order valence-electron chi connectivity index (χ4n) is 4.21. The molecule has 0 spiro atoms. The Labute approximate surface area is 229 Å². The molecule has 2 aromatic carbocycles. The van der Waals surface area contributed by atoms with Crippen molar-refractivity contribution in [3.63, 3.8) is 0 Å². The van der Waals surface area contributed by atoms with E-state index < -0.39 is 10.0 Å². The Kier molecular flexibility index (Phi) is 9.48. The molecule has 0 atom stereocenters. The molecule has 1 fully saturated rings. The highest BCUT2D eigenvalue weighted by Gasteiger charge is 2.20. The number of ether oxygens (including phenoxy) is 3. The number of nitriles is 1. The number of hydrogen-bond donors (Lipinski definition) is 1. The van der Waals surface area contributed by atoms with E-state index in [1.54, 1.807) is 30.5 Å². The lowest BCUT2D eigenvalue weighted by Gasteiger charge is -2.23. The summed E-state index contributed by atoms with van der Waals surface area (Å²) in [6, 6.07) is 14.4. The zero-order valence-electron chi connectivity index (χ0n) is 22.4. The van der Waals surface area contributed by atoms with E-state index in [1.807, 2.05) is 31.1 Å². The van der Waals surface area contributed by atoms with E-state index >= 15 is 0 Å². The molecule has 0 saturated carbocycles.